The zero-order chi connectivity index (χ0) is 19.1. The van der Waals surface area contributed by atoms with Crippen LogP contribution >= 0.6 is 27.7 Å². The molecule has 0 spiro atoms. The Kier molecular flexibility index (Phi) is 7.41. The Morgan fingerprint density at radius 3 is 2.31 bits per heavy atom. The lowest BCUT2D eigenvalue weighted by Crippen LogP contribution is -2.17. The maximum Gasteiger partial charge on any atom is 0.286 e. The molecule has 5 nitrogen and oxygen atoms in total. The van der Waals surface area contributed by atoms with Crippen molar-refractivity contribution in [2.45, 2.75) is 17.7 Å². The molecule has 0 aliphatic heterocycles. The highest BCUT2D eigenvalue weighted by molar-refractivity contribution is 9.10. The number of ketones is 1. The summed E-state index contributed by atoms with van der Waals surface area (Å²) in [6.45, 7) is 0. The SMILES string of the molecule is CN(C)C(=O)Sc1ccccc1NC(=O)CCC(=O)c1ccc(Br)cc1. The van der Waals surface area contributed by atoms with Crippen LogP contribution in [0.4, 0.5) is 10.5 Å². The maximum atomic E-state index is 12.2. The molecule has 2 amide bonds. The van der Waals surface area contributed by atoms with Gasteiger partial charge in [0.15, 0.2) is 5.78 Å². The van der Waals surface area contributed by atoms with E-state index in [2.05, 4.69) is 21.2 Å². The van der Waals surface area contributed by atoms with Gasteiger partial charge in [-0.25, -0.2) is 0 Å². The highest BCUT2D eigenvalue weighted by Gasteiger charge is 2.14. The van der Waals surface area contributed by atoms with Crippen LogP contribution < -0.4 is 5.32 Å². The minimum atomic E-state index is -0.263. The Balaban J connectivity index is 1.94. The van der Waals surface area contributed by atoms with Crippen LogP contribution in [0.25, 0.3) is 0 Å². The van der Waals surface area contributed by atoms with E-state index in [4.69, 9.17) is 0 Å². The zero-order valence-electron chi connectivity index (χ0n) is 14.5. The first-order valence-corrected chi connectivity index (χ1v) is 9.54. The van der Waals surface area contributed by atoms with Gasteiger partial charge in [0.05, 0.1) is 5.69 Å². The van der Waals surface area contributed by atoms with E-state index in [1.807, 2.05) is 0 Å². The smallest absolute Gasteiger partial charge is 0.286 e. The van der Waals surface area contributed by atoms with Gasteiger partial charge < -0.3 is 10.2 Å². The number of amides is 2. The van der Waals surface area contributed by atoms with Crippen molar-refractivity contribution in [2.75, 3.05) is 19.4 Å². The predicted octanol–water partition coefficient (Wildman–Crippen LogP) is 4.82. The summed E-state index contributed by atoms with van der Waals surface area (Å²) in [6, 6.07) is 14.1. The molecule has 0 unspecified atom stereocenters. The highest BCUT2D eigenvalue weighted by Crippen LogP contribution is 2.28. The van der Waals surface area contributed by atoms with Crippen molar-refractivity contribution in [1.82, 2.24) is 4.90 Å². The molecular weight excluding hydrogens is 416 g/mol. The summed E-state index contributed by atoms with van der Waals surface area (Å²) in [5.41, 5.74) is 1.14. The van der Waals surface area contributed by atoms with E-state index >= 15 is 0 Å². The van der Waals surface area contributed by atoms with Crippen LogP contribution in [0.3, 0.4) is 0 Å². The quantitative estimate of drug-likeness (QED) is 0.522. The van der Waals surface area contributed by atoms with Gasteiger partial charge in [-0.05, 0) is 36.0 Å². The average molecular weight is 435 g/mol. The number of thioether (sulfide) groups is 1. The second-order valence-corrected chi connectivity index (χ2v) is 7.65. The number of benzene rings is 2. The van der Waals surface area contributed by atoms with Gasteiger partial charge >= 0.3 is 0 Å². The van der Waals surface area contributed by atoms with Crippen LogP contribution in [-0.4, -0.2) is 35.9 Å². The first-order valence-electron chi connectivity index (χ1n) is 7.93. The summed E-state index contributed by atoms with van der Waals surface area (Å²) in [5.74, 6) is -0.348. The summed E-state index contributed by atoms with van der Waals surface area (Å²) in [4.78, 5) is 38.4. The van der Waals surface area contributed by atoms with Crippen molar-refractivity contribution in [3.8, 4) is 0 Å². The van der Waals surface area contributed by atoms with Gasteiger partial charge in [-0.3, -0.25) is 14.4 Å². The van der Waals surface area contributed by atoms with Crippen molar-refractivity contribution >= 4 is 50.3 Å². The van der Waals surface area contributed by atoms with Crippen LogP contribution in [0.5, 0.6) is 0 Å². The van der Waals surface area contributed by atoms with Crippen LogP contribution in [0.15, 0.2) is 57.9 Å². The van der Waals surface area contributed by atoms with E-state index in [1.54, 1.807) is 62.6 Å². The number of carbonyl (C=O) groups excluding carboxylic acids is 3. The minimum Gasteiger partial charge on any atom is -0.339 e. The fourth-order valence-electron chi connectivity index (χ4n) is 2.06. The zero-order valence-corrected chi connectivity index (χ0v) is 16.9. The van der Waals surface area contributed by atoms with Crippen molar-refractivity contribution in [2.24, 2.45) is 0 Å². The second-order valence-electron chi connectivity index (χ2n) is 5.74. The van der Waals surface area contributed by atoms with Crippen molar-refractivity contribution < 1.29 is 14.4 Å². The summed E-state index contributed by atoms with van der Waals surface area (Å²) in [6.07, 6.45) is 0.203. The van der Waals surface area contributed by atoms with Crippen molar-refractivity contribution in [3.63, 3.8) is 0 Å². The van der Waals surface area contributed by atoms with Crippen molar-refractivity contribution in [1.29, 1.82) is 0 Å². The Morgan fingerprint density at radius 2 is 1.65 bits per heavy atom. The number of nitrogens with zero attached hydrogens (tertiary/aromatic N) is 1. The molecule has 2 rings (SSSR count). The van der Waals surface area contributed by atoms with Gasteiger partial charge in [0.2, 0.25) is 5.91 Å². The third kappa shape index (κ3) is 6.00. The first-order chi connectivity index (χ1) is 12.4. The fraction of sp³-hybridized carbons (Fsp3) is 0.211. The molecule has 0 heterocycles. The van der Waals surface area contributed by atoms with Crippen LogP contribution in [0.2, 0.25) is 0 Å². The number of hydrogen-bond donors (Lipinski definition) is 1. The van der Waals surface area contributed by atoms with Gasteiger partial charge in [-0.1, -0.05) is 40.2 Å². The molecule has 2 aromatic carbocycles. The van der Waals surface area contributed by atoms with E-state index in [-0.39, 0.29) is 29.8 Å². The van der Waals surface area contributed by atoms with Gasteiger partial charge in [-0.15, -0.1) is 0 Å². The number of Topliss-reactive ketones (excluding diaryl/α,β-unsaturated/α-hetero) is 1. The molecule has 0 saturated carbocycles. The van der Waals surface area contributed by atoms with Gasteiger partial charge in [0.25, 0.3) is 5.24 Å². The number of anilines is 1. The third-order valence-corrected chi connectivity index (χ3v) is 5.11. The van der Waals surface area contributed by atoms with E-state index in [1.165, 1.54) is 4.90 Å². The lowest BCUT2D eigenvalue weighted by Gasteiger charge is -2.13. The molecule has 7 heteroatoms. The summed E-state index contributed by atoms with van der Waals surface area (Å²) < 4.78 is 0.896. The lowest BCUT2D eigenvalue weighted by atomic mass is 10.1. The Bertz CT molecular complexity index is 807. The molecule has 0 aliphatic rings. The number of hydrogen-bond acceptors (Lipinski definition) is 4. The monoisotopic (exact) mass is 434 g/mol. The van der Waals surface area contributed by atoms with Crippen LogP contribution in [0, 0.1) is 0 Å². The molecule has 0 aromatic heterocycles. The lowest BCUT2D eigenvalue weighted by molar-refractivity contribution is -0.116. The number of carbonyl (C=O) groups is 3. The summed E-state index contributed by atoms with van der Waals surface area (Å²) >= 11 is 4.37. The largest absolute Gasteiger partial charge is 0.339 e. The van der Waals surface area contributed by atoms with E-state index in [0.29, 0.717) is 16.1 Å². The first kappa shape index (κ1) is 20.2. The molecule has 136 valence electrons. The molecular formula is C19H19BrN2O3S. The van der Waals surface area contributed by atoms with Gasteiger partial charge in [-0.2, -0.15) is 0 Å². The standard InChI is InChI=1S/C19H19BrN2O3S/c1-22(2)19(25)26-17-6-4-3-5-15(17)21-18(24)12-11-16(23)13-7-9-14(20)10-8-13/h3-10H,11-12H2,1-2H3,(H,21,24). The molecule has 0 saturated heterocycles. The van der Waals surface area contributed by atoms with Crippen LogP contribution in [0.1, 0.15) is 23.2 Å². The molecule has 0 atom stereocenters. The Labute approximate surface area is 165 Å². The van der Waals surface area contributed by atoms with Gasteiger partial charge in [0, 0.05) is 41.9 Å². The number of rotatable bonds is 6. The number of nitrogens with one attached hydrogen (secondary N) is 1. The Morgan fingerprint density at radius 1 is 1.00 bits per heavy atom. The molecule has 1 N–H and O–H groups in total. The number of para-hydroxylation sites is 1. The maximum absolute atomic E-state index is 12.2. The Hall–Kier alpha value is -2.12. The molecule has 0 bridgehead atoms. The van der Waals surface area contributed by atoms with E-state index < -0.39 is 0 Å². The average Bonchev–Trinajstić information content (AvgIpc) is 2.61. The van der Waals surface area contributed by atoms with Crippen molar-refractivity contribution in [3.05, 3.63) is 58.6 Å². The second kappa shape index (κ2) is 9.54. The van der Waals surface area contributed by atoms with Crippen LogP contribution in [-0.2, 0) is 4.79 Å². The minimum absolute atomic E-state index is 0.0789. The van der Waals surface area contributed by atoms with E-state index in [0.717, 1.165) is 16.2 Å². The normalized spacial score (nSPS) is 10.3. The number of halogens is 1. The topological polar surface area (TPSA) is 66.5 Å². The molecule has 0 aliphatic carbocycles. The molecule has 0 fully saturated rings. The third-order valence-electron chi connectivity index (χ3n) is 3.47. The molecule has 26 heavy (non-hydrogen) atoms. The van der Waals surface area contributed by atoms with E-state index in [9.17, 15) is 14.4 Å². The molecule has 0 radical (unpaired) electrons. The molecule has 2 aromatic rings. The summed E-state index contributed by atoms with van der Waals surface area (Å²) in [5, 5.41) is 2.65. The highest BCUT2D eigenvalue weighted by atomic mass is 79.9. The summed E-state index contributed by atoms with van der Waals surface area (Å²) in [7, 11) is 3.34. The fourth-order valence-corrected chi connectivity index (χ4v) is 3.07. The van der Waals surface area contributed by atoms with Gasteiger partial charge in [0.1, 0.15) is 0 Å². The predicted molar refractivity (Wildman–Crippen MR) is 108 cm³/mol.